The number of nitrogens with two attached hydrogens (primary N) is 1. The van der Waals surface area contributed by atoms with E-state index in [9.17, 15) is 22.4 Å². The van der Waals surface area contributed by atoms with E-state index in [-0.39, 0.29) is 28.6 Å². The molecular formula is C21H21F4N7O4. The van der Waals surface area contributed by atoms with Crippen LogP contribution >= 0.6 is 0 Å². The van der Waals surface area contributed by atoms with Gasteiger partial charge in [-0.05, 0) is 12.1 Å². The lowest BCUT2D eigenvalue weighted by Crippen LogP contribution is -2.15. The molecule has 4 aromatic rings. The van der Waals surface area contributed by atoms with Crippen molar-refractivity contribution in [2.75, 3.05) is 13.2 Å². The number of carbonyl (C=O) groups is 1. The van der Waals surface area contributed by atoms with E-state index >= 15 is 0 Å². The molecule has 0 aromatic carbocycles. The number of aliphatic hydroxyl groups excluding tert-OH is 1. The van der Waals surface area contributed by atoms with Gasteiger partial charge in [-0.25, -0.2) is 18.4 Å². The van der Waals surface area contributed by atoms with E-state index in [1.807, 2.05) is 0 Å². The van der Waals surface area contributed by atoms with Crippen molar-refractivity contribution >= 4 is 16.9 Å². The van der Waals surface area contributed by atoms with E-state index in [0.717, 1.165) is 0 Å². The normalized spacial score (nSPS) is 12.9. The third-order valence-electron chi connectivity index (χ3n) is 5.13. The highest BCUT2D eigenvalue weighted by molar-refractivity contribution is 6.04. The molecule has 0 radical (unpaired) electrons. The number of nitrogens with zero attached hydrogens (tertiary/aromatic N) is 5. The largest absolute Gasteiger partial charge is 0.477 e. The molecule has 36 heavy (non-hydrogen) atoms. The molecule has 0 saturated carbocycles. The molecule has 5 heterocycles. The first kappa shape index (κ1) is 25.0. The van der Waals surface area contributed by atoms with Crippen LogP contribution in [0.4, 0.5) is 17.6 Å². The number of alkyl halides is 4. The summed E-state index contributed by atoms with van der Waals surface area (Å²) in [7, 11) is 1.55. The molecule has 11 nitrogen and oxygen atoms in total. The second-order valence-corrected chi connectivity index (χ2v) is 7.59. The fourth-order valence-electron chi connectivity index (χ4n) is 3.83. The summed E-state index contributed by atoms with van der Waals surface area (Å²) in [5, 5.41) is 16.2. The molecule has 4 aromatic heterocycles. The van der Waals surface area contributed by atoms with Crippen LogP contribution in [0.15, 0.2) is 24.5 Å². The Morgan fingerprint density at radius 2 is 2.06 bits per heavy atom. The lowest BCUT2D eigenvalue weighted by molar-refractivity contribution is -0.120. The molecule has 15 heteroatoms. The minimum absolute atomic E-state index is 0.0644. The van der Waals surface area contributed by atoms with Gasteiger partial charge in [-0.15, -0.1) is 5.10 Å². The number of carbonyl (C=O) groups excluding carboxylic acids is 1. The van der Waals surface area contributed by atoms with E-state index in [4.69, 9.17) is 9.84 Å². The summed E-state index contributed by atoms with van der Waals surface area (Å²) in [6.45, 7) is -2.89. The van der Waals surface area contributed by atoms with Crippen molar-refractivity contribution in [1.29, 1.82) is 0 Å². The average molecular weight is 511 g/mol. The zero-order valence-electron chi connectivity index (χ0n) is 18.8. The van der Waals surface area contributed by atoms with Crippen LogP contribution in [0.2, 0.25) is 0 Å². The number of amides is 1. The first-order valence-electron chi connectivity index (χ1n) is 10.6. The summed E-state index contributed by atoms with van der Waals surface area (Å²) >= 11 is 0. The smallest absolute Gasteiger partial charge is 0.388 e. The summed E-state index contributed by atoms with van der Waals surface area (Å²) < 4.78 is 66.9. The predicted octanol–water partition coefficient (Wildman–Crippen LogP) is 2.61. The second kappa shape index (κ2) is 10.2. The SMILES string of the molecule is Cn1cc(-c2c(-c3c(C(F)F)nn4c3OCCC4)[nH]c3ncccc23)c(OC(F)F)n1.NC(=O)CO. The number of ether oxygens (including phenoxy) is 2. The van der Waals surface area contributed by atoms with Crippen LogP contribution in [0.3, 0.4) is 0 Å². The zero-order chi connectivity index (χ0) is 26.0. The van der Waals surface area contributed by atoms with Crippen molar-refractivity contribution in [3.05, 3.63) is 30.2 Å². The maximum atomic E-state index is 13.9. The Bertz CT molecular complexity index is 1380. The maximum absolute atomic E-state index is 13.9. The summed E-state index contributed by atoms with van der Waals surface area (Å²) in [5.74, 6) is -0.830. The molecule has 0 aliphatic carbocycles. The lowest BCUT2D eigenvalue weighted by Gasteiger charge is -2.16. The van der Waals surface area contributed by atoms with Gasteiger partial charge in [0.05, 0.1) is 23.4 Å². The van der Waals surface area contributed by atoms with Crippen molar-refractivity contribution in [3.63, 3.8) is 0 Å². The van der Waals surface area contributed by atoms with E-state index in [1.54, 1.807) is 19.2 Å². The quantitative estimate of drug-likeness (QED) is 0.337. The fraction of sp³-hybridized carbons (Fsp3) is 0.333. The number of rotatable bonds is 6. The van der Waals surface area contributed by atoms with Gasteiger partial charge in [0.15, 0.2) is 0 Å². The number of aromatic amines is 1. The molecule has 0 fully saturated rings. The van der Waals surface area contributed by atoms with Gasteiger partial charge in [0.25, 0.3) is 6.43 Å². The number of pyridine rings is 1. The Balaban J connectivity index is 0.000000556. The summed E-state index contributed by atoms with van der Waals surface area (Å²) in [6, 6.07) is 3.36. The molecule has 1 aliphatic heterocycles. The molecule has 0 unspecified atom stereocenters. The summed E-state index contributed by atoms with van der Waals surface area (Å²) in [4.78, 5) is 16.6. The van der Waals surface area contributed by atoms with Crippen molar-refractivity contribution in [2.24, 2.45) is 12.8 Å². The number of hydrogen-bond donors (Lipinski definition) is 3. The summed E-state index contributed by atoms with van der Waals surface area (Å²) in [5.41, 5.74) is 5.15. The van der Waals surface area contributed by atoms with Crippen LogP contribution in [0, 0.1) is 0 Å². The van der Waals surface area contributed by atoms with Crippen LogP contribution in [-0.4, -0.2) is 60.4 Å². The Labute approximate surface area is 200 Å². The topological polar surface area (TPSA) is 146 Å². The third-order valence-corrected chi connectivity index (χ3v) is 5.13. The minimum Gasteiger partial charge on any atom is -0.477 e. The van der Waals surface area contributed by atoms with Gasteiger partial charge >= 0.3 is 6.61 Å². The molecule has 1 amide bonds. The average Bonchev–Trinajstić information content (AvgIpc) is 3.51. The van der Waals surface area contributed by atoms with Gasteiger partial charge in [-0.3, -0.25) is 9.48 Å². The lowest BCUT2D eigenvalue weighted by atomic mass is 10.0. The predicted molar refractivity (Wildman–Crippen MR) is 117 cm³/mol. The van der Waals surface area contributed by atoms with Crippen molar-refractivity contribution in [3.8, 4) is 34.1 Å². The van der Waals surface area contributed by atoms with E-state index in [0.29, 0.717) is 36.2 Å². The van der Waals surface area contributed by atoms with Gasteiger partial charge in [-0.2, -0.15) is 13.9 Å². The number of H-pyrrole nitrogens is 1. The monoisotopic (exact) mass is 511 g/mol. The molecule has 4 N–H and O–H groups in total. The van der Waals surface area contributed by atoms with Crippen LogP contribution in [-0.2, 0) is 18.4 Å². The van der Waals surface area contributed by atoms with E-state index < -0.39 is 31.2 Å². The van der Waals surface area contributed by atoms with Crippen molar-refractivity contribution < 1.29 is 36.9 Å². The molecule has 0 bridgehead atoms. The first-order chi connectivity index (χ1) is 17.2. The van der Waals surface area contributed by atoms with Gasteiger partial charge in [0, 0.05) is 43.4 Å². The first-order valence-corrected chi connectivity index (χ1v) is 10.6. The number of nitrogens with one attached hydrogen (secondary N) is 1. The van der Waals surface area contributed by atoms with Crippen molar-refractivity contribution in [1.82, 2.24) is 29.5 Å². The third kappa shape index (κ3) is 4.82. The molecule has 5 rings (SSSR count). The molecule has 192 valence electrons. The molecular weight excluding hydrogens is 490 g/mol. The fourth-order valence-corrected chi connectivity index (χ4v) is 3.83. The Morgan fingerprint density at radius 1 is 1.31 bits per heavy atom. The number of aliphatic hydroxyl groups is 1. The standard InChI is InChI=1S/C19H16F4N6O2.C2H5NO2/c1-28-8-10(17(27-28)31-19(22)23)11-9-4-2-5-24-16(9)25-13(11)12-14(15(20)21)26-29-6-3-7-30-18(12)29;3-2(5)1-4/h2,4-5,8,15,19H,3,6-7H2,1H3,(H,24,25);4H,1H2,(H2,3,5). The second-order valence-electron chi connectivity index (χ2n) is 7.59. The molecule has 0 atom stereocenters. The zero-order valence-corrected chi connectivity index (χ0v) is 18.8. The number of halogens is 4. The number of aromatic nitrogens is 6. The van der Waals surface area contributed by atoms with E-state index in [2.05, 4.69) is 30.6 Å². The van der Waals surface area contributed by atoms with Crippen LogP contribution in [0.1, 0.15) is 18.5 Å². The van der Waals surface area contributed by atoms with Gasteiger partial charge in [-0.1, -0.05) is 0 Å². The number of aryl methyl sites for hydroxylation is 2. The summed E-state index contributed by atoms with van der Waals surface area (Å²) in [6.07, 6.45) is 0.766. The van der Waals surface area contributed by atoms with Gasteiger partial charge in [0.1, 0.15) is 17.9 Å². The Hall–Kier alpha value is -4.14. The van der Waals surface area contributed by atoms with E-state index in [1.165, 1.54) is 21.8 Å². The number of hydrogen-bond acceptors (Lipinski definition) is 7. The number of fused-ring (bicyclic) bond motifs is 2. The highest BCUT2D eigenvalue weighted by atomic mass is 19.3. The van der Waals surface area contributed by atoms with Crippen LogP contribution in [0.25, 0.3) is 33.4 Å². The van der Waals surface area contributed by atoms with Crippen LogP contribution in [0.5, 0.6) is 11.8 Å². The molecule has 1 aliphatic rings. The van der Waals surface area contributed by atoms with Crippen molar-refractivity contribution in [2.45, 2.75) is 26.0 Å². The van der Waals surface area contributed by atoms with Gasteiger partial charge < -0.3 is 25.3 Å². The molecule has 0 spiro atoms. The van der Waals surface area contributed by atoms with Crippen LogP contribution < -0.4 is 15.2 Å². The number of primary amides is 1. The molecule has 0 saturated heterocycles. The highest BCUT2D eigenvalue weighted by Gasteiger charge is 2.33. The Kier molecular flexibility index (Phi) is 7.10. The Morgan fingerprint density at radius 3 is 2.72 bits per heavy atom. The highest BCUT2D eigenvalue weighted by Crippen LogP contribution is 2.47. The van der Waals surface area contributed by atoms with Gasteiger partial charge in [0.2, 0.25) is 17.7 Å². The maximum Gasteiger partial charge on any atom is 0.388 e. The minimum atomic E-state index is -3.11.